The Labute approximate surface area is 193 Å². The molecule has 6 heteroatoms. The van der Waals surface area contributed by atoms with Crippen LogP contribution in [0.25, 0.3) is 0 Å². The molecule has 0 unspecified atom stereocenters. The van der Waals surface area contributed by atoms with E-state index in [0.717, 1.165) is 12.8 Å². The van der Waals surface area contributed by atoms with Crippen molar-refractivity contribution in [2.24, 2.45) is 33.5 Å². The monoisotopic (exact) mass is 550 g/mol. The van der Waals surface area contributed by atoms with E-state index in [9.17, 15) is 9.59 Å². The molecule has 30 heavy (non-hydrogen) atoms. The number of ether oxygens (including phenoxy) is 2. The molecule has 0 amide bonds. The third kappa shape index (κ3) is 2.96. The molecule has 0 spiro atoms. The normalized spacial score (nSPS) is 47.5. The average Bonchev–Trinajstić information content (AvgIpc) is 3.10. The van der Waals surface area contributed by atoms with E-state index >= 15 is 0 Å². The van der Waals surface area contributed by atoms with E-state index < -0.39 is 0 Å². The van der Waals surface area contributed by atoms with Crippen LogP contribution in [0.15, 0.2) is 0 Å². The summed E-state index contributed by atoms with van der Waals surface area (Å²) in [6.45, 7) is 17.4. The first kappa shape index (κ1) is 23.1. The fourth-order valence-corrected chi connectivity index (χ4v) is 20.5. The van der Waals surface area contributed by atoms with Gasteiger partial charge < -0.3 is 0 Å². The van der Waals surface area contributed by atoms with Gasteiger partial charge in [0.1, 0.15) is 0 Å². The fourth-order valence-electron chi connectivity index (χ4n) is 7.55. The van der Waals surface area contributed by atoms with Crippen LogP contribution in [0.4, 0.5) is 0 Å². The van der Waals surface area contributed by atoms with Gasteiger partial charge in [-0.3, -0.25) is 0 Å². The summed E-state index contributed by atoms with van der Waals surface area (Å²) in [6.07, 6.45) is 4.95. The molecule has 0 aromatic rings. The van der Waals surface area contributed by atoms with Crippen LogP contribution in [-0.4, -0.2) is 50.4 Å². The van der Waals surface area contributed by atoms with Crippen molar-refractivity contribution in [1.82, 2.24) is 0 Å². The molecule has 0 saturated heterocycles. The van der Waals surface area contributed by atoms with E-state index in [1.165, 1.54) is 12.8 Å². The molecule has 4 rings (SSSR count). The molecule has 0 radical (unpaired) electrons. The van der Waals surface area contributed by atoms with Gasteiger partial charge in [-0.2, -0.15) is 0 Å². The number of carbonyl (C=O) groups excluding carboxylic acids is 2. The summed E-state index contributed by atoms with van der Waals surface area (Å²) in [7, 11) is 0. The Hall–Kier alpha value is -0.0210. The van der Waals surface area contributed by atoms with E-state index in [1.807, 2.05) is 0 Å². The summed E-state index contributed by atoms with van der Waals surface area (Å²) in [5.74, 6) is 1.01. The zero-order chi connectivity index (χ0) is 22.3. The molecule has 8 atom stereocenters. The van der Waals surface area contributed by atoms with Crippen molar-refractivity contribution >= 4 is 38.2 Å². The second-order valence-corrected chi connectivity index (χ2v) is 19.0. The first-order chi connectivity index (χ1) is 13.8. The van der Waals surface area contributed by atoms with Crippen LogP contribution in [0.1, 0.15) is 81.1 Å². The third-order valence-electron chi connectivity index (χ3n) is 10.3. The standard InChI is InChI=1S/C24H38O4Se2/c1-13(25)27-19-17(15-9-11-23(19,7)21(15,3)4)29-30-18-16-10-12-24(8,22(16,5)6)20(18)28-14(2)26/h15-20H,9-12H2,1-8H3/t15-,16-,17+,18+,19-,20-,23+,24+/m1/s1. The van der Waals surface area contributed by atoms with Crippen LogP contribution in [0.2, 0.25) is 9.63 Å². The van der Waals surface area contributed by atoms with Crippen molar-refractivity contribution < 1.29 is 19.1 Å². The Morgan fingerprint density at radius 3 is 1.33 bits per heavy atom. The van der Waals surface area contributed by atoms with Crippen LogP contribution in [0, 0.1) is 33.5 Å². The van der Waals surface area contributed by atoms with Crippen LogP contribution < -0.4 is 0 Å². The third-order valence-corrected chi connectivity index (χ3v) is 19.9. The SMILES string of the molecule is CC(=O)O[C@@H]1[C@@H]([Se][Se][C@H]2[C@H]3CC[C@@](C)([C@@H]2OC(C)=O)C3(C)C)[C@H]2CC[C@]1(C)C2(C)C. The average molecular weight is 548 g/mol. The van der Waals surface area contributed by atoms with Crippen molar-refractivity contribution in [3.05, 3.63) is 0 Å². The van der Waals surface area contributed by atoms with E-state index in [0.29, 0.717) is 47.7 Å². The van der Waals surface area contributed by atoms with Crippen LogP contribution in [-0.2, 0) is 19.1 Å². The van der Waals surface area contributed by atoms with Crippen LogP contribution >= 0.6 is 0 Å². The van der Waals surface area contributed by atoms with E-state index in [-0.39, 0.29) is 45.8 Å². The van der Waals surface area contributed by atoms with Gasteiger partial charge in [-0.25, -0.2) is 0 Å². The van der Waals surface area contributed by atoms with Crippen molar-refractivity contribution in [1.29, 1.82) is 0 Å². The fraction of sp³-hybridized carbons (Fsp3) is 0.917. The van der Waals surface area contributed by atoms with Crippen molar-refractivity contribution in [2.45, 2.75) is 103 Å². The quantitative estimate of drug-likeness (QED) is 0.371. The molecule has 0 aliphatic heterocycles. The molecule has 0 aromatic heterocycles. The predicted molar refractivity (Wildman–Crippen MR) is 119 cm³/mol. The summed E-state index contributed by atoms with van der Waals surface area (Å²) in [5, 5.41) is 0. The van der Waals surface area contributed by atoms with Gasteiger partial charge in [-0.05, 0) is 0 Å². The Morgan fingerprint density at radius 1 is 0.700 bits per heavy atom. The molecule has 4 aliphatic rings. The Bertz CT molecular complexity index is 687. The molecule has 170 valence electrons. The number of rotatable bonds is 5. The molecule has 0 heterocycles. The number of fused-ring (bicyclic) bond motifs is 4. The maximum atomic E-state index is 12.0. The molecule has 0 aromatic carbocycles. The van der Waals surface area contributed by atoms with Crippen molar-refractivity contribution in [3.63, 3.8) is 0 Å². The first-order valence-electron chi connectivity index (χ1n) is 11.4. The predicted octanol–water partition coefficient (Wildman–Crippen LogP) is 4.66. The van der Waals surface area contributed by atoms with Crippen LogP contribution in [0.3, 0.4) is 0 Å². The summed E-state index contributed by atoms with van der Waals surface area (Å²) < 4.78 is 12.1. The molecule has 4 nitrogen and oxygen atoms in total. The van der Waals surface area contributed by atoms with Gasteiger partial charge in [0.05, 0.1) is 0 Å². The van der Waals surface area contributed by atoms with Crippen LogP contribution in [0.5, 0.6) is 0 Å². The molecular weight excluding hydrogens is 510 g/mol. The van der Waals surface area contributed by atoms with Gasteiger partial charge in [0.15, 0.2) is 0 Å². The van der Waals surface area contributed by atoms with Gasteiger partial charge in [0, 0.05) is 0 Å². The molecular formula is C24H38O4Se2. The summed E-state index contributed by atoms with van der Waals surface area (Å²) >= 11 is 0.848. The molecule has 4 saturated carbocycles. The molecule has 0 N–H and O–H groups in total. The Balaban J connectivity index is 1.57. The van der Waals surface area contributed by atoms with Crippen molar-refractivity contribution in [3.8, 4) is 0 Å². The number of hydrogen-bond donors (Lipinski definition) is 0. The Morgan fingerprint density at radius 2 is 1.03 bits per heavy atom. The second-order valence-electron chi connectivity index (χ2n) is 11.8. The zero-order valence-corrected chi connectivity index (χ0v) is 23.2. The molecule has 4 fully saturated rings. The topological polar surface area (TPSA) is 52.6 Å². The summed E-state index contributed by atoms with van der Waals surface area (Å²) in [5.41, 5.74) is 0.595. The summed E-state index contributed by atoms with van der Waals surface area (Å²) in [4.78, 5) is 25.0. The van der Waals surface area contributed by atoms with E-state index in [1.54, 1.807) is 13.8 Å². The first-order valence-corrected chi connectivity index (χ1v) is 17.7. The minimum absolute atomic E-state index is 0.0555. The van der Waals surface area contributed by atoms with Gasteiger partial charge in [-0.15, -0.1) is 0 Å². The van der Waals surface area contributed by atoms with Gasteiger partial charge in [0.25, 0.3) is 0 Å². The van der Waals surface area contributed by atoms with Gasteiger partial charge in [0.2, 0.25) is 0 Å². The molecule has 4 aliphatic carbocycles. The number of hydrogen-bond acceptors (Lipinski definition) is 4. The maximum absolute atomic E-state index is 12.0. The van der Waals surface area contributed by atoms with E-state index in [2.05, 4.69) is 41.5 Å². The van der Waals surface area contributed by atoms with Gasteiger partial charge >= 0.3 is 194 Å². The zero-order valence-electron chi connectivity index (χ0n) is 19.7. The second kappa shape index (κ2) is 7.24. The number of esters is 2. The van der Waals surface area contributed by atoms with Crippen molar-refractivity contribution in [2.75, 3.05) is 0 Å². The minimum atomic E-state index is -0.135. The molecule has 4 bridgehead atoms. The summed E-state index contributed by atoms with van der Waals surface area (Å²) in [6, 6.07) is 0. The van der Waals surface area contributed by atoms with E-state index in [4.69, 9.17) is 9.47 Å². The number of carbonyl (C=O) groups is 2. The Kier molecular flexibility index (Phi) is 5.59. The van der Waals surface area contributed by atoms with Gasteiger partial charge in [-0.1, -0.05) is 0 Å².